The van der Waals surface area contributed by atoms with Gasteiger partial charge < -0.3 is 14.6 Å². The van der Waals surface area contributed by atoms with Crippen molar-refractivity contribution in [2.75, 3.05) is 19.8 Å². The number of unbranched alkanes of at least 4 members (excludes halogenated alkanes) is 20. The van der Waals surface area contributed by atoms with Crippen LogP contribution in [-0.4, -0.2) is 37.0 Å². The molecule has 0 aromatic carbocycles. The van der Waals surface area contributed by atoms with E-state index < -0.39 is 6.10 Å². The lowest BCUT2D eigenvalue weighted by molar-refractivity contribution is -0.154. The molecular formula is C42H76O4. The van der Waals surface area contributed by atoms with Crippen LogP contribution in [0.4, 0.5) is 0 Å². The molecule has 0 saturated heterocycles. The van der Waals surface area contributed by atoms with Gasteiger partial charge in [0.1, 0.15) is 6.10 Å². The molecule has 0 aliphatic heterocycles. The summed E-state index contributed by atoms with van der Waals surface area (Å²) < 4.78 is 11.1. The standard InChI is InChI=1S/C42H76O4/c1-3-5-7-9-11-13-15-17-18-19-20-21-22-23-24-25-26-28-30-32-34-36-38-45-40-41(39-43)46-42(44)37-35-33-31-29-27-16-14-12-10-8-6-4-2/h12,14-15,17,19-20,22-23,41,43H,3-11,13,16,18,21,24-40H2,1-2H3/b14-12-,17-15-,20-19-,23-22-. The van der Waals surface area contributed by atoms with Crippen molar-refractivity contribution in [1.82, 2.24) is 0 Å². The Balaban J connectivity index is 3.47. The minimum absolute atomic E-state index is 0.180. The quantitative estimate of drug-likeness (QED) is 0.0419. The van der Waals surface area contributed by atoms with Crippen molar-refractivity contribution in [3.8, 4) is 0 Å². The molecule has 4 heteroatoms. The molecule has 4 nitrogen and oxygen atoms in total. The van der Waals surface area contributed by atoms with Crippen LogP contribution in [0, 0.1) is 0 Å². The third-order valence-corrected chi connectivity index (χ3v) is 8.38. The molecule has 0 aliphatic carbocycles. The summed E-state index contributed by atoms with van der Waals surface area (Å²) in [4.78, 5) is 12.1. The van der Waals surface area contributed by atoms with Crippen LogP contribution in [-0.2, 0) is 14.3 Å². The maximum atomic E-state index is 12.1. The first kappa shape index (κ1) is 44.4. The first-order valence-corrected chi connectivity index (χ1v) is 19.7. The summed E-state index contributed by atoms with van der Waals surface area (Å²) in [6.07, 6.45) is 50.1. The number of carbonyl (C=O) groups excluding carboxylic acids is 1. The summed E-state index contributed by atoms with van der Waals surface area (Å²) in [5, 5.41) is 9.56. The van der Waals surface area contributed by atoms with Gasteiger partial charge >= 0.3 is 5.97 Å². The molecule has 0 saturated carbocycles. The molecule has 0 aromatic rings. The first-order valence-electron chi connectivity index (χ1n) is 19.7. The summed E-state index contributed by atoms with van der Waals surface area (Å²) in [7, 11) is 0. The van der Waals surface area contributed by atoms with Gasteiger partial charge in [-0.25, -0.2) is 0 Å². The van der Waals surface area contributed by atoms with Gasteiger partial charge in [0.25, 0.3) is 0 Å². The summed E-state index contributed by atoms with van der Waals surface area (Å²) in [6, 6.07) is 0. The molecule has 0 heterocycles. The number of esters is 1. The van der Waals surface area contributed by atoms with Crippen LogP contribution < -0.4 is 0 Å². The predicted octanol–water partition coefficient (Wildman–Crippen LogP) is 12.7. The number of rotatable bonds is 36. The molecule has 0 aromatic heterocycles. The fourth-order valence-corrected chi connectivity index (χ4v) is 5.39. The van der Waals surface area contributed by atoms with Gasteiger partial charge in [-0.05, 0) is 77.0 Å². The summed E-state index contributed by atoms with van der Waals surface area (Å²) >= 11 is 0. The van der Waals surface area contributed by atoms with Crippen LogP contribution in [0.15, 0.2) is 48.6 Å². The fraction of sp³-hybridized carbons (Fsp3) is 0.786. The average Bonchev–Trinajstić information content (AvgIpc) is 3.06. The number of ether oxygens (including phenoxy) is 2. The number of aliphatic hydroxyl groups is 1. The van der Waals surface area contributed by atoms with Crippen molar-refractivity contribution in [2.45, 2.75) is 193 Å². The minimum Gasteiger partial charge on any atom is -0.457 e. The van der Waals surface area contributed by atoms with Crippen molar-refractivity contribution in [2.24, 2.45) is 0 Å². The number of hydrogen-bond donors (Lipinski definition) is 1. The third-order valence-electron chi connectivity index (χ3n) is 8.38. The van der Waals surface area contributed by atoms with Crippen molar-refractivity contribution >= 4 is 5.97 Å². The maximum Gasteiger partial charge on any atom is 0.306 e. The van der Waals surface area contributed by atoms with Crippen LogP contribution in [0.5, 0.6) is 0 Å². The SMILES string of the molecule is CCCCC/C=C\CCCCCCCC(=O)OC(CO)COCCCCCCCCC/C=C\C/C=C\C/C=C\CCCCCCC. The normalized spacial score (nSPS) is 12.8. The number of hydrogen-bond acceptors (Lipinski definition) is 4. The molecule has 0 amide bonds. The van der Waals surface area contributed by atoms with Crippen LogP contribution in [0.1, 0.15) is 187 Å². The molecule has 0 radical (unpaired) electrons. The van der Waals surface area contributed by atoms with E-state index in [1.807, 2.05) is 0 Å². The van der Waals surface area contributed by atoms with Gasteiger partial charge in [-0.2, -0.15) is 0 Å². The fourth-order valence-electron chi connectivity index (χ4n) is 5.39. The lowest BCUT2D eigenvalue weighted by Crippen LogP contribution is -2.27. The second-order valence-electron chi connectivity index (χ2n) is 13.0. The predicted molar refractivity (Wildman–Crippen MR) is 200 cm³/mol. The van der Waals surface area contributed by atoms with E-state index in [1.54, 1.807) is 0 Å². The molecule has 0 spiro atoms. The molecule has 1 N–H and O–H groups in total. The van der Waals surface area contributed by atoms with Crippen LogP contribution in [0.3, 0.4) is 0 Å². The van der Waals surface area contributed by atoms with Gasteiger partial charge in [-0.15, -0.1) is 0 Å². The molecule has 46 heavy (non-hydrogen) atoms. The van der Waals surface area contributed by atoms with E-state index in [0.717, 1.165) is 38.5 Å². The van der Waals surface area contributed by atoms with Gasteiger partial charge in [0, 0.05) is 13.0 Å². The topological polar surface area (TPSA) is 55.8 Å². The smallest absolute Gasteiger partial charge is 0.306 e. The van der Waals surface area contributed by atoms with Gasteiger partial charge in [0.05, 0.1) is 13.2 Å². The summed E-state index contributed by atoms with van der Waals surface area (Å²) in [6.45, 7) is 5.28. The average molecular weight is 645 g/mol. The Morgan fingerprint density at radius 1 is 0.522 bits per heavy atom. The second-order valence-corrected chi connectivity index (χ2v) is 13.0. The van der Waals surface area contributed by atoms with Gasteiger partial charge in [-0.3, -0.25) is 4.79 Å². The largest absolute Gasteiger partial charge is 0.457 e. The number of allylic oxidation sites excluding steroid dienone is 8. The highest BCUT2D eigenvalue weighted by molar-refractivity contribution is 5.69. The molecular weight excluding hydrogens is 568 g/mol. The Labute approximate surface area is 286 Å². The van der Waals surface area contributed by atoms with Crippen molar-refractivity contribution in [3.05, 3.63) is 48.6 Å². The minimum atomic E-state index is -0.543. The van der Waals surface area contributed by atoms with Gasteiger partial charge in [0.2, 0.25) is 0 Å². The molecule has 0 bridgehead atoms. The van der Waals surface area contributed by atoms with E-state index in [2.05, 4.69) is 62.5 Å². The van der Waals surface area contributed by atoms with E-state index in [1.165, 1.54) is 128 Å². The molecule has 0 fully saturated rings. The zero-order valence-corrected chi connectivity index (χ0v) is 30.6. The zero-order chi connectivity index (χ0) is 33.4. The summed E-state index contributed by atoms with van der Waals surface area (Å²) in [5.41, 5.74) is 0. The monoisotopic (exact) mass is 645 g/mol. The Morgan fingerprint density at radius 2 is 0.913 bits per heavy atom. The Morgan fingerprint density at radius 3 is 1.43 bits per heavy atom. The van der Waals surface area contributed by atoms with Crippen LogP contribution >= 0.6 is 0 Å². The van der Waals surface area contributed by atoms with E-state index in [-0.39, 0.29) is 19.2 Å². The third kappa shape index (κ3) is 36.8. The van der Waals surface area contributed by atoms with Crippen molar-refractivity contribution in [3.63, 3.8) is 0 Å². The number of carbonyl (C=O) groups is 1. The Hall–Kier alpha value is -1.65. The van der Waals surface area contributed by atoms with E-state index in [9.17, 15) is 9.90 Å². The van der Waals surface area contributed by atoms with E-state index in [4.69, 9.17) is 9.47 Å². The first-order chi connectivity index (χ1) is 22.7. The van der Waals surface area contributed by atoms with Crippen molar-refractivity contribution < 1.29 is 19.4 Å². The van der Waals surface area contributed by atoms with E-state index >= 15 is 0 Å². The second kappa shape index (κ2) is 39.5. The lowest BCUT2D eigenvalue weighted by Gasteiger charge is -2.15. The highest BCUT2D eigenvalue weighted by Crippen LogP contribution is 2.12. The Kier molecular flexibility index (Phi) is 38.1. The highest BCUT2D eigenvalue weighted by Gasteiger charge is 2.13. The lowest BCUT2D eigenvalue weighted by atomic mass is 10.1. The van der Waals surface area contributed by atoms with Crippen molar-refractivity contribution in [1.29, 1.82) is 0 Å². The molecule has 1 unspecified atom stereocenters. The zero-order valence-electron chi connectivity index (χ0n) is 30.6. The molecule has 268 valence electrons. The van der Waals surface area contributed by atoms with Gasteiger partial charge in [0.15, 0.2) is 0 Å². The number of aliphatic hydroxyl groups excluding tert-OH is 1. The summed E-state index contributed by atoms with van der Waals surface area (Å²) in [5.74, 6) is -0.216. The maximum absolute atomic E-state index is 12.1. The van der Waals surface area contributed by atoms with Crippen LogP contribution in [0.25, 0.3) is 0 Å². The van der Waals surface area contributed by atoms with E-state index in [0.29, 0.717) is 13.0 Å². The Bertz CT molecular complexity index is 723. The van der Waals surface area contributed by atoms with Gasteiger partial charge in [-0.1, -0.05) is 152 Å². The highest BCUT2D eigenvalue weighted by atomic mass is 16.6. The molecule has 0 aliphatic rings. The molecule has 1 atom stereocenters. The molecule has 0 rings (SSSR count). The van der Waals surface area contributed by atoms with Crippen LogP contribution in [0.2, 0.25) is 0 Å².